The second kappa shape index (κ2) is 6.71. The highest BCUT2D eigenvalue weighted by Crippen LogP contribution is 2.25. The lowest BCUT2D eigenvalue weighted by Crippen LogP contribution is -2.31. The molecule has 1 aromatic heterocycles. The zero-order chi connectivity index (χ0) is 15.2. The van der Waals surface area contributed by atoms with Gasteiger partial charge in [-0.15, -0.1) is 0 Å². The normalized spacial score (nSPS) is 10.4. The van der Waals surface area contributed by atoms with Crippen molar-refractivity contribution in [1.29, 1.82) is 5.26 Å². The number of hydrogen-bond donors (Lipinski definition) is 2. The fourth-order valence-electron chi connectivity index (χ4n) is 2.11. The van der Waals surface area contributed by atoms with Crippen LogP contribution in [0.1, 0.15) is 25.8 Å². The van der Waals surface area contributed by atoms with Gasteiger partial charge in [0.25, 0.3) is 0 Å². The number of amides is 1. The summed E-state index contributed by atoms with van der Waals surface area (Å²) >= 11 is 0. The molecule has 1 aromatic carbocycles. The first-order valence-electron chi connectivity index (χ1n) is 6.93. The first-order valence-corrected chi connectivity index (χ1v) is 6.93. The molecule has 0 fully saturated rings. The SMILES string of the molecule is CC(C)NC(=O)CCNc1c(C#N)cnc2ccccc12. The number of carbonyl (C=O) groups excluding carboxylic acids is 1. The third kappa shape index (κ3) is 3.69. The van der Waals surface area contributed by atoms with Gasteiger partial charge in [-0.25, -0.2) is 0 Å². The maximum Gasteiger partial charge on any atom is 0.221 e. The number of benzene rings is 1. The van der Waals surface area contributed by atoms with Crippen LogP contribution in [0.5, 0.6) is 0 Å². The molecular formula is C16H18N4O. The molecule has 1 heterocycles. The van der Waals surface area contributed by atoms with E-state index in [-0.39, 0.29) is 11.9 Å². The second-order valence-corrected chi connectivity index (χ2v) is 5.07. The Balaban J connectivity index is 2.14. The van der Waals surface area contributed by atoms with Crippen LogP contribution in [0, 0.1) is 11.3 Å². The summed E-state index contributed by atoms with van der Waals surface area (Å²) in [6.45, 7) is 4.33. The lowest BCUT2D eigenvalue weighted by atomic mass is 10.1. The van der Waals surface area contributed by atoms with Crippen molar-refractivity contribution < 1.29 is 4.79 Å². The average Bonchev–Trinajstić information content (AvgIpc) is 2.46. The van der Waals surface area contributed by atoms with Crippen molar-refractivity contribution in [1.82, 2.24) is 10.3 Å². The standard InChI is InChI=1S/C16H18N4O/c1-11(2)20-15(21)7-8-18-16-12(9-17)10-19-14-6-4-3-5-13(14)16/h3-6,10-11H,7-8H2,1-2H3,(H,18,19)(H,20,21). The van der Waals surface area contributed by atoms with Crippen LogP contribution in [0.25, 0.3) is 10.9 Å². The quantitative estimate of drug-likeness (QED) is 0.883. The Morgan fingerprint density at radius 1 is 1.38 bits per heavy atom. The third-order valence-electron chi connectivity index (χ3n) is 3.00. The molecule has 21 heavy (non-hydrogen) atoms. The Labute approximate surface area is 124 Å². The van der Waals surface area contributed by atoms with E-state index >= 15 is 0 Å². The molecule has 1 amide bonds. The minimum atomic E-state index is -0.00521. The molecule has 0 aliphatic heterocycles. The van der Waals surface area contributed by atoms with E-state index < -0.39 is 0 Å². The highest BCUT2D eigenvalue weighted by atomic mass is 16.1. The minimum absolute atomic E-state index is 0.00521. The van der Waals surface area contributed by atoms with Crippen molar-refractivity contribution in [3.05, 3.63) is 36.0 Å². The Hall–Kier alpha value is -2.61. The van der Waals surface area contributed by atoms with Crippen LogP contribution in [0.3, 0.4) is 0 Å². The number of para-hydroxylation sites is 1. The van der Waals surface area contributed by atoms with Crippen molar-refractivity contribution in [2.24, 2.45) is 0 Å². The molecule has 5 nitrogen and oxygen atoms in total. The number of aromatic nitrogens is 1. The molecular weight excluding hydrogens is 264 g/mol. The van der Waals surface area contributed by atoms with E-state index in [1.54, 1.807) is 6.20 Å². The van der Waals surface area contributed by atoms with Gasteiger partial charge < -0.3 is 10.6 Å². The van der Waals surface area contributed by atoms with E-state index in [1.165, 1.54) is 0 Å². The first kappa shape index (κ1) is 14.8. The lowest BCUT2D eigenvalue weighted by molar-refractivity contribution is -0.121. The number of hydrogen-bond acceptors (Lipinski definition) is 4. The molecule has 0 aliphatic carbocycles. The van der Waals surface area contributed by atoms with Gasteiger partial charge in [0, 0.05) is 30.6 Å². The van der Waals surface area contributed by atoms with Gasteiger partial charge in [0.05, 0.1) is 16.8 Å². The molecule has 2 rings (SSSR count). The molecule has 0 radical (unpaired) electrons. The summed E-state index contributed by atoms with van der Waals surface area (Å²) in [5, 5.41) is 16.1. The van der Waals surface area contributed by atoms with Gasteiger partial charge in [-0.3, -0.25) is 9.78 Å². The highest BCUT2D eigenvalue weighted by molar-refractivity contribution is 5.94. The molecule has 108 valence electrons. The number of nitrogens with one attached hydrogen (secondary N) is 2. The second-order valence-electron chi connectivity index (χ2n) is 5.07. The fraction of sp³-hybridized carbons (Fsp3) is 0.312. The lowest BCUT2D eigenvalue weighted by Gasteiger charge is -2.12. The maximum atomic E-state index is 11.6. The molecule has 2 aromatic rings. The molecule has 0 unspecified atom stereocenters. The maximum absolute atomic E-state index is 11.6. The summed E-state index contributed by atoms with van der Waals surface area (Å²) in [5.41, 5.74) is 2.05. The molecule has 0 spiro atoms. The zero-order valence-electron chi connectivity index (χ0n) is 12.2. The monoisotopic (exact) mass is 282 g/mol. The summed E-state index contributed by atoms with van der Waals surface area (Å²) in [6, 6.07) is 9.89. The summed E-state index contributed by atoms with van der Waals surface area (Å²) in [6.07, 6.45) is 1.92. The largest absolute Gasteiger partial charge is 0.383 e. The van der Waals surface area contributed by atoms with Gasteiger partial charge >= 0.3 is 0 Å². The van der Waals surface area contributed by atoms with E-state index in [0.717, 1.165) is 16.6 Å². The van der Waals surface area contributed by atoms with Crippen LogP contribution in [0.15, 0.2) is 30.5 Å². The predicted octanol–water partition coefficient (Wildman–Crippen LogP) is 2.43. The Morgan fingerprint density at radius 3 is 2.86 bits per heavy atom. The summed E-state index contributed by atoms with van der Waals surface area (Å²) in [4.78, 5) is 15.9. The Kier molecular flexibility index (Phi) is 4.72. The van der Waals surface area contributed by atoms with Crippen LogP contribution in [0.2, 0.25) is 0 Å². The number of pyridine rings is 1. The number of anilines is 1. The van der Waals surface area contributed by atoms with Gasteiger partial charge in [-0.05, 0) is 19.9 Å². The van der Waals surface area contributed by atoms with Gasteiger partial charge in [0.1, 0.15) is 6.07 Å². The minimum Gasteiger partial charge on any atom is -0.383 e. The summed E-state index contributed by atoms with van der Waals surface area (Å²) in [5.74, 6) is -0.00521. The Morgan fingerprint density at radius 2 is 2.14 bits per heavy atom. The number of rotatable bonds is 5. The van der Waals surface area contributed by atoms with Crippen LogP contribution < -0.4 is 10.6 Å². The van der Waals surface area contributed by atoms with Crippen molar-refractivity contribution in [2.45, 2.75) is 26.3 Å². The smallest absolute Gasteiger partial charge is 0.221 e. The van der Waals surface area contributed by atoms with Crippen molar-refractivity contribution >= 4 is 22.5 Å². The summed E-state index contributed by atoms with van der Waals surface area (Å²) in [7, 11) is 0. The Bertz CT molecular complexity index is 688. The molecule has 0 atom stereocenters. The van der Waals surface area contributed by atoms with Crippen LogP contribution in [-0.4, -0.2) is 23.5 Å². The highest BCUT2D eigenvalue weighted by Gasteiger charge is 2.09. The van der Waals surface area contributed by atoms with E-state index in [1.807, 2.05) is 38.1 Å². The number of carbonyl (C=O) groups is 1. The zero-order valence-corrected chi connectivity index (χ0v) is 12.2. The van der Waals surface area contributed by atoms with Gasteiger partial charge in [-0.2, -0.15) is 5.26 Å². The molecule has 2 N–H and O–H groups in total. The van der Waals surface area contributed by atoms with Gasteiger partial charge in [0.2, 0.25) is 5.91 Å². The fourth-order valence-corrected chi connectivity index (χ4v) is 2.11. The van der Waals surface area contributed by atoms with Crippen LogP contribution in [0.4, 0.5) is 5.69 Å². The van der Waals surface area contributed by atoms with E-state index in [4.69, 9.17) is 0 Å². The van der Waals surface area contributed by atoms with E-state index in [0.29, 0.717) is 18.5 Å². The van der Waals surface area contributed by atoms with Gasteiger partial charge in [-0.1, -0.05) is 18.2 Å². The predicted molar refractivity (Wildman–Crippen MR) is 82.8 cm³/mol. The topological polar surface area (TPSA) is 77.8 Å². The molecule has 0 aliphatic rings. The third-order valence-corrected chi connectivity index (χ3v) is 3.00. The van der Waals surface area contributed by atoms with Crippen molar-refractivity contribution in [3.8, 4) is 6.07 Å². The summed E-state index contributed by atoms with van der Waals surface area (Å²) < 4.78 is 0. The molecule has 0 saturated carbocycles. The van der Waals surface area contributed by atoms with E-state index in [9.17, 15) is 10.1 Å². The number of fused-ring (bicyclic) bond motifs is 1. The first-order chi connectivity index (χ1) is 10.1. The van der Waals surface area contributed by atoms with Crippen LogP contribution >= 0.6 is 0 Å². The molecule has 5 heteroatoms. The molecule has 0 bridgehead atoms. The van der Waals surface area contributed by atoms with Crippen molar-refractivity contribution in [2.75, 3.05) is 11.9 Å². The van der Waals surface area contributed by atoms with Crippen LogP contribution in [-0.2, 0) is 4.79 Å². The van der Waals surface area contributed by atoms with Gasteiger partial charge in [0.15, 0.2) is 0 Å². The van der Waals surface area contributed by atoms with Crippen molar-refractivity contribution in [3.63, 3.8) is 0 Å². The van der Waals surface area contributed by atoms with E-state index in [2.05, 4.69) is 21.7 Å². The molecule has 0 saturated heterocycles. The number of nitrogens with zero attached hydrogens (tertiary/aromatic N) is 2. The average molecular weight is 282 g/mol. The number of nitriles is 1.